The molecule has 0 bridgehead atoms. The number of hydrogen-bond acceptors (Lipinski definition) is 1. The summed E-state index contributed by atoms with van der Waals surface area (Å²) in [7, 11) is 0. The molecule has 1 nitrogen and oxygen atoms in total. The van der Waals surface area contributed by atoms with Gasteiger partial charge in [-0.05, 0) is 48.6 Å². The van der Waals surface area contributed by atoms with Gasteiger partial charge in [-0.3, -0.25) is 0 Å². The molecule has 1 N–H and O–H groups in total. The van der Waals surface area contributed by atoms with Gasteiger partial charge in [0.2, 0.25) is 0 Å². The van der Waals surface area contributed by atoms with Crippen LogP contribution in [0.3, 0.4) is 0 Å². The van der Waals surface area contributed by atoms with Crippen LogP contribution in [0.25, 0.3) is 0 Å². The van der Waals surface area contributed by atoms with Crippen molar-refractivity contribution in [2.24, 2.45) is 0 Å². The molecule has 0 aliphatic heterocycles. The summed E-state index contributed by atoms with van der Waals surface area (Å²) in [6.07, 6.45) is 1.09. The van der Waals surface area contributed by atoms with E-state index in [4.69, 9.17) is 0 Å². The van der Waals surface area contributed by atoms with Crippen LogP contribution in [0.5, 0.6) is 0 Å². The van der Waals surface area contributed by atoms with E-state index < -0.39 is 0 Å². The second-order valence-corrected chi connectivity index (χ2v) is 4.79. The van der Waals surface area contributed by atoms with Gasteiger partial charge in [0.05, 0.1) is 0 Å². The van der Waals surface area contributed by atoms with E-state index in [1.165, 1.54) is 27.9 Å². The Labute approximate surface area is 110 Å². The molecule has 2 rings (SSSR count). The molecule has 2 aromatic carbocycles. The predicted octanol–water partition coefficient (Wildman–Crippen LogP) is 4.48. The Hall–Kier alpha value is -1.76. The number of anilines is 1. The molecule has 0 radical (unpaired) electrons. The average molecular weight is 239 g/mol. The Morgan fingerprint density at radius 3 is 2.39 bits per heavy atom. The molecule has 0 fully saturated rings. The largest absolute Gasteiger partial charge is 0.381 e. The molecule has 94 valence electrons. The Bertz CT molecular complexity index is 529. The van der Waals surface area contributed by atoms with Gasteiger partial charge >= 0.3 is 0 Å². The van der Waals surface area contributed by atoms with Gasteiger partial charge in [0, 0.05) is 12.2 Å². The van der Waals surface area contributed by atoms with Crippen LogP contribution < -0.4 is 5.32 Å². The van der Waals surface area contributed by atoms with E-state index in [0.717, 1.165) is 13.0 Å². The fourth-order valence-electron chi connectivity index (χ4n) is 2.19. The summed E-state index contributed by atoms with van der Waals surface area (Å²) in [6, 6.07) is 15.2. The van der Waals surface area contributed by atoms with Crippen molar-refractivity contribution in [1.29, 1.82) is 0 Å². The first kappa shape index (κ1) is 12.7. The van der Waals surface area contributed by atoms with E-state index in [-0.39, 0.29) is 0 Å². The van der Waals surface area contributed by atoms with Gasteiger partial charge < -0.3 is 5.32 Å². The van der Waals surface area contributed by atoms with Gasteiger partial charge in [-0.25, -0.2) is 0 Å². The zero-order chi connectivity index (χ0) is 13.0. The van der Waals surface area contributed by atoms with Gasteiger partial charge in [0.1, 0.15) is 0 Å². The highest BCUT2D eigenvalue weighted by Crippen LogP contribution is 2.18. The van der Waals surface area contributed by atoms with Crippen molar-refractivity contribution >= 4 is 5.69 Å². The monoisotopic (exact) mass is 239 g/mol. The third-order valence-corrected chi connectivity index (χ3v) is 3.36. The lowest BCUT2D eigenvalue weighted by Crippen LogP contribution is -2.03. The number of rotatable bonds is 4. The summed E-state index contributed by atoms with van der Waals surface area (Å²) in [5, 5.41) is 3.54. The molecular formula is C17H21N. The minimum atomic E-state index is 0.897. The highest BCUT2D eigenvalue weighted by molar-refractivity contribution is 5.53. The quantitative estimate of drug-likeness (QED) is 0.829. The number of nitrogens with one attached hydrogen (secondary N) is 1. The fraction of sp³-hybridized carbons (Fsp3) is 0.294. The van der Waals surface area contributed by atoms with Crippen molar-refractivity contribution < 1.29 is 0 Å². The Morgan fingerprint density at radius 1 is 0.944 bits per heavy atom. The zero-order valence-electron chi connectivity index (χ0n) is 11.5. The van der Waals surface area contributed by atoms with Crippen molar-refractivity contribution in [1.82, 2.24) is 0 Å². The lowest BCUT2D eigenvalue weighted by atomic mass is 10.0. The minimum absolute atomic E-state index is 0.897. The first-order valence-electron chi connectivity index (χ1n) is 6.58. The Balaban J connectivity index is 2.14. The average Bonchev–Trinajstić information content (AvgIpc) is 2.40. The van der Waals surface area contributed by atoms with Crippen molar-refractivity contribution in [3.05, 3.63) is 64.7 Å². The fourth-order valence-corrected chi connectivity index (χ4v) is 2.19. The summed E-state index contributed by atoms with van der Waals surface area (Å²) in [4.78, 5) is 0. The maximum Gasteiger partial charge on any atom is 0.0403 e. The van der Waals surface area contributed by atoms with Crippen LogP contribution in [0.2, 0.25) is 0 Å². The second-order valence-electron chi connectivity index (χ2n) is 4.79. The first-order chi connectivity index (χ1) is 8.70. The summed E-state index contributed by atoms with van der Waals surface area (Å²) >= 11 is 0. The maximum absolute atomic E-state index is 3.54. The predicted molar refractivity (Wildman–Crippen MR) is 79.1 cm³/mol. The zero-order valence-corrected chi connectivity index (χ0v) is 11.5. The van der Waals surface area contributed by atoms with Crippen LogP contribution in [-0.2, 0) is 13.0 Å². The number of hydrogen-bond donors (Lipinski definition) is 1. The summed E-state index contributed by atoms with van der Waals surface area (Å²) in [6.45, 7) is 7.38. The van der Waals surface area contributed by atoms with Gasteiger partial charge in [0.25, 0.3) is 0 Å². The third kappa shape index (κ3) is 2.92. The normalized spacial score (nSPS) is 10.4. The molecule has 0 aromatic heterocycles. The first-order valence-corrected chi connectivity index (χ1v) is 6.58. The standard InChI is InChI=1S/C17H21N/c1-4-15-7-5-6-8-16(15)12-18-17-11-13(2)9-10-14(17)3/h5-11,18H,4,12H2,1-3H3. The van der Waals surface area contributed by atoms with Gasteiger partial charge in [-0.2, -0.15) is 0 Å². The van der Waals surface area contributed by atoms with E-state index in [9.17, 15) is 0 Å². The molecule has 0 aliphatic carbocycles. The summed E-state index contributed by atoms with van der Waals surface area (Å²) < 4.78 is 0. The molecule has 0 unspecified atom stereocenters. The Morgan fingerprint density at radius 2 is 1.67 bits per heavy atom. The molecule has 0 saturated carbocycles. The third-order valence-electron chi connectivity index (χ3n) is 3.36. The molecule has 0 atom stereocenters. The van der Waals surface area contributed by atoms with Crippen LogP contribution >= 0.6 is 0 Å². The lowest BCUT2D eigenvalue weighted by Gasteiger charge is -2.13. The molecule has 0 spiro atoms. The van der Waals surface area contributed by atoms with Gasteiger partial charge in [0.15, 0.2) is 0 Å². The molecule has 0 amide bonds. The minimum Gasteiger partial charge on any atom is -0.381 e. The van der Waals surface area contributed by atoms with Crippen molar-refractivity contribution in [2.75, 3.05) is 5.32 Å². The van der Waals surface area contributed by atoms with Crippen LogP contribution in [0.15, 0.2) is 42.5 Å². The van der Waals surface area contributed by atoms with E-state index in [0.29, 0.717) is 0 Å². The van der Waals surface area contributed by atoms with Crippen LogP contribution in [0.4, 0.5) is 5.69 Å². The molecule has 0 aliphatic rings. The molecule has 2 aromatic rings. The number of benzene rings is 2. The van der Waals surface area contributed by atoms with Gasteiger partial charge in [-0.1, -0.05) is 43.3 Å². The van der Waals surface area contributed by atoms with E-state index >= 15 is 0 Å². The maximum atomic E-state index is 3.54. The Kier molecular flexibility index (Phi) is 4.03. The van der Waals surface area contributed by atoms with Crippen molar-refractivity contribution in [3.63, 3.8) is 0 Å². The van der Waals surface area contributed by atoms with E-state index in [1.54, 1.807) is 0 Å². The second kappa shape index (κ2) is 5.72. The molecular weight excluding hydrogens is 218 g/mol. The SMILES string of the molecule is CCc1ccccc1CNc1cc(C)ccc1C. The van der Waals surface area contributed by atoms with Crippen molar-refractivity contribution in [3.8, 4) is 0 Å². The van der Waals surface area contributed by atoms with Crippen LogP contribution in [0, 0.1) is 13.8 Å². The molecule has 1 heteroatoms. The lowest BCUT2D eigenvalue weighted by molar-refractivity contribution is 1.04. The van der Waals surface area contributed by atoms with E-state index in [1.807, 2.05) is 0 Å². The molecule has 0 heterocycles. The topological polar surface area (TPSA) is 12.0 Å². The summed E-state index contributed by atoms with van der Waals surface area (Å²) in [5.41, 5.74) is 6.65. The van der Waals surface area contributed by atoms with Gasteiger partial charge in [-0.15, -0.1) is 0 Å². The summed E-state index contributed by atoms with van der Waals surface area (Å²) in [5.74, 6) is 0. The smallest absolute Gasteiger partial charge is 0.0403 e. The van der Waals surface area contributed by atoms with Crippen LogP contribution in [0.1, 0.15) is 29.2 Å². The molecule has 0 saturated heterocycles. The van der Waals surface area contributed by atoms with Crippen molar-refractivity contribution in [2.45, 2.75) is 33.7 Å². The highest BCUT2D eigenvalue weighted by atomic mass is 14.9. The van der Waals surface area contributed by atoms with E-state index in [2.05, 4.69) is 68.6 Å². The number of aryl methyl sites for hydroxylation is 3. The van der Waals surface area contributed by atoms with Crippen LogP contribution in [-0.4, -0.2) is 0 Å². The highest BCUT2D eigenvalue weighted by Gasteiger charge is 2.01. The molecule has 18 heavy (non-hydrogen) atoms.